The van der Waals surface area contributed by atoms with Crippen molar-refractivity contribution in [3.8, 4) is 0 Å². The van der Waals surface area contributed by atoms with Crippen molar-refractivity contribution in [2.45, 2.75) is 19.9 Å². The minimum atomic E-state index is -0.270. The van der Waals surface area contributed by atoms with Gasteiger partial charge in [-0.25, -0.2) is 14.4 Å². The number of hydrogen-bond acceptors (Lipinski definition) is 3. The average molecular weight is 219 g/mol. The van der Waals surface area contributed by atoms with Gasteiger partial charge in [-0.2, -0.15) is 0 Å². The summed E-state index contributed by atoms with van der Waals surface area (Å²) in [6.07, 6.45) is 0. The summed E-state index contributed by atoms with van der Waals surface area (Å²) in [5.74, 6) is 0.423. The van der Waals surface area contributed by atoms with Crippen molar-refractivity contribution in [3.63, 3.8) is 0 Å². The Morgan fingerprint density at radius 1 is 1.31 bits per heavy atom. The van der Waals surface area contributed by atoms with Crippen molar-refractivity contribution in [1.29, 1.82) is 0 Å². The molecule has 1 unspecified atom stereocenters. The monoisotopic (exact) mass is 219 g/mol. The molecule has 0 radical (unpaired) electrons. The molecule has 0 bridgehead atoms. The van der Waals surface area contributed by atoms with Crippen molar-refractivity contribution in [1.82, 2.24) is 15.3 Å². The molecule has 0 spiro atoms. The van der Waals surface area contributed by atoms with Gasteiger partial charge >= 0.3 is 0 Å². The third-order valence-electron chi connectivity index (χ3n) is 2.69. The molecule has 2 aromatic rings. The lowest BCUT2D eigenvalue weighted by Gasteiger charge is -2.11. The topological polar surface area (TPSA) is 37.8 Å². The first-order valence-electron chi connectivity index (χ1n) is 5.23. The summed E-state index contributed by atoms with van der Waals surface area (Å²) >= 11 is 0. The molecule has 0 saturated carbocycles. The summed E-state index contributed by atoms with van der Waals surface area (Å²) in [6, 6.07) is 4.65. The van der Waals surface area contributed by atoms with Crippen LogP contribution in [0.3, 0.4) is 0 Å². The van der Waals surface area contributed by atoms with Crippen LogP contribution in [0.4, 0.5) is 4.39 Å². The number of hydrogen-bond donors (Lipinski definition) is 1. The van der Waals surface area contributed by atoms with Crippen LogP contribution < -0.4 is 5.32 Å². The maximum absolute atomic E-state index is 13.1. The number of aryl methyl sites for hydroxylation is 1. The summed E-state index contributed by atoms with van der Waals surface area (Å²) in [4.78, 5) is 8.76. The van der Waals surface area contributed by atoms with E-state index in [0.29, 0.717) is 11.3 Å². The lowest BCUT2D eigenvalue weighted by molar-refractivity contribution is 0.609. The van der Waals surface area contributed by atoms with Crippen LogP contribution in [-0.4, -0.2) is 17.0 Å². The Kier molecular flexibility index (Phi) is 2.83. The fourth-order valence-electron chi connectivity index (χ4n) is 1.61. The van der Waals surface area contributed by atoms with Gasteiger partial charge in [0.05, 0.1) is 11.6 Å². The SMILES string of the molecule is CNC(C)c1nc(C)c2ccc(F)cc2n1. The number of fused-ring (bicyclic) bond motifs is 1. The summed E-state index contributed by atoms with van der Waals surface area (Å²) in [6.45, 7) is 3.88. The molecule has 0 aliphatic heterocycles. The van der Waals surface area contributed by atoms with E-state index in [4.69, 9.17) is 0 Å². The summed E-state index contributed by atoms with van der Waals surface area (Å²) < 4.78 is 13.1. The Labute approximate surface area is 93.7 Å². The molecule has 2 rings (SSSR count). The number of aromatic nitrogens is 2. The second-order valence-corrected chi connectivity index (χ2v) is 3.84. The first-order valence-corrected chi connectivity index (χ1v) is 5.23. The van der Waals surface area contributed by atoms with Gasteiger partial charge in [0, 0.05) is 17.1 Å². The van der Waals surface area contributed by atoms with Crippen LogP contribution in [0.2, 0.25) is 0 Å². The highest BCUT2D eigenvalue weighted by Gasteiger charge is 2.09. The molecule has 0 fully saturated rings. The molecule has 0 amide bonds. The highest BCUT2D eigenvalue weighted by atomic mass is 19.1. The zero-order chi connectivity index (χ0) is 11.7. The Morgan fingerprint density at radius 3 is 2.75 bits per heavy atom. The van der Waals surface area contributed by atoms with Crippen LogP contribution >= 0.6 is 0 Å². The fraction of sp³-hybridized carbons (Fsp3) is 0.333. The molecule has 1 heterocycles. The molecule has 1 atom stereocenters. The van der Waals surface area contributed by atoms with Crippen LogP contribution in [0, 0.1) is 12.7 Å². The maximum atomic E-state index is 13.1. The lowest BCUT2D eigenvalue weighted by Crippen LogP contribution is -2.16. The third kappa shape index (κ3) is 1.88. The van der Waals surface area contributed by atoms with Crippen LogP contribution in [0.5, 0.6) is 0 Å². The van der Waals surface area contributed by atoms with Gasteiger partial charge < -0.3 is 5.32 Å². The van der Waals surface area contributed by atoms with E-state index in [2.05, 4.69) is 15.3 Å². The van der Waals surface area contributed by atoms with E-state index < -0.39 is 0 Å². The number of rotatable bonds is 2. The van der Waals surface area contributed by atoms with Gasteiger partial charge in [0.25, 0.3) is 0 Å². The largest absolute Gasteiger partial charge is 0.311 e. The standard InChI is InChI=1S/C12H14FN3/c1-7-10-5-4-9(13)6-11(10)16-12(15-7)8(2)14-3/h4-6,8,14H,1-3H3. The minimum Gasteiger partial charge on any atom is -0.311 e. The molecule has 0 aliphatic rings. The van der Waals surface area contributed by atoms with Gasteiger partial charge in [0.1, 0.15) is 11.6 Å². The van der Waals surface area contributed by atoms with Crippen molar-refractivity contribution in [2.24, 2.45) is 0 Å². The van der Waals surface area contributed by atoms with E-state index in [-0.39, 0.29) is 11.9 Å². The molecular weight excluding hydrogens is 205 g/mol. The van der Waals surface area contributed by atoms with Gasteiger partial charge in [0.2, 0.25) is 0 Å². The number of benzene rings is 1. The molecule has 3 nitrogen and oxygen atoms in total. The van der Waals surface area contributed by atoms with Crippen LogP contribution in [0.15, 0.2) is 18.2 Å². The molecule has 1 N–H and O–H groups in total. The molecule has 1 aromatic carbocycles. The van der Waals surface area contributed by atoms with Crippen LogP contribution in [0.25, 0.3) is 10.9 Å². The van der Waals surface area contributed by atoms with E-state index in [1.807, 2.05) is 20.9 Å². The predicted octanol–water partition coefficient (Wildman–Crippen LogP) is 2.36. The molecule has 0 aliphatic carbocycles. The lowest BCUT2D eigenvalue weighted by atomic mass is 10.2. The maximum Gasteiger partial charge on any atom is 0.145 e. The highest BCUT2D eigenvalue weighted by molar-refractivity contribution is 5.80. The van der Waals surface area contributed by atoms with Gasteiger partial charge in [-0.15, -0.1) is 0 Å². The van der Waals surface area contributed by atoms with Crippen LogP contribution in [0.1, 0.15) is 24.5 Å². The normalized spacial score (nSPS) is 13.0. The van der Waals surface area contributed by atoms with E-state index in [9.17, 15) is 4.39 Å². The zero-order valence-corrected chi connectivity index (χ0v) is 9.58. The second kappa shape index (κ2) is 4.14. The zero-order valence-electron chi connectivity index (χ0n) is 9.58. The first kappa shape index (κ1) is 11.0. The van der Waals surface area contributed by atoms with Gasteiger partial charge in [0.15, 0.2) is 0 Å². The van der Waals surface area contributed by atoms with Crippen molar-refractivity contribution < 1.29 is 4.39 Å². The molecule has 1 aromatic heterocycles. The fourth-order valence-corrected chi connectivity index (χ4v) is 1.61. The smallest absolute Gasteiger partial charge is 0.145 e. The van der Waals surface area contributed by atoms with Gasteiger partial charge in [-0.1, -0.05) is 0 Å². The van der Waals surface area contributed by atoms with Crippen molar-refractivity contribution in [3.05, 3.63) is 35.5 Å². The minimum absolute atomic E-state index is 0.0615. The Hall–Kier alpha value is -1.55. The molecule has 16 heavy (non-hydrogen) atoms. The number of nitrogens with one attached hydrogen (secondary N) is 1. The third-order valence-corrected chi connectivity index (χ3v) is 2.69. The Morgan fingerprint density at radius 2 is 2.06 bits per heavy atom. The number of nitrogens with zero attached hydrogens (tertiary/aromatic N) is 2. The van der Waals surface area contributed by atoms with E-state index >= 15 is 0 Å². The molecule has 4 heteroatoms. The summed E-state index contributed by atoms with van der Waals surface area (Å²) in [5, 5.41) is 3.97. The second-order valence-electron chi connectivity index (χ2n) is 3.84. The average Bonchev–Trinajstić information content (AvgIpc) is 2.27. The van der Waals surface area contributed by atoms with Crippen molar-refractivity contribution in [2.75, 3.05) is 7.05 Å². The first-order chi connectivity index (χ1) is 7.61. The Bertz CT molecular complexity index is 525. The highest BCUT2D eigenvalue weighted by Crippen LogP contribution is 2.18. The van der Waals surface area contributed by atoms with Gasteiger partial charge in [-0.3, -0.25) is 0 Å². The van der Waals surface area contributed by atoms with Crippen molar-refractivity contribution >= 4 is 10.9 Å². The van der Waals surface area contributed by atoms with E-state index in [0.717, 1.165) is 11.1 Å². The summed E-state index contributed by atoms with van der Waals surface area (Å²) in [7, 11) is 1.85. The quantitative estimate of drug-likeness (QED) is 0.842. The van der Waals surface area contributed by atoms with Crippen LogP contribution in [-0.2, 0) is 0 Å². The predicted molar refractivity (Wildman–Crippen MR) is 61.7 cm³/mol. The molecule has 0 saturated heterocycles. The van der Waals surface area contributed by atoms with Gasteiger partial charge in [-0.05, 0) is 33.0 Å². The summed E-state index contributed by atoms with van der Waals surface area (Å²) in [5.41, 5.74) is 1.53. The number of halogens is 1. The molecular formula is C12H14FN3. The molecule has 84 valence electrons. The van der Waals surface area contributed by atoms with E-state index in [1.165, 1.54) is 12.1 Å². The Balaban J connectivity index is 2.65. The van der Waals surface area contributed by atoms with E-state index in [1.54, 1.807) is 6.07 Å².